The molecule has 2 aromatic rings. The number of carbonyl (C=O) groups is 2. The van der Waals surface area contributed by atoms with Crippen LogP contribution in [0.3, 0.4) is 0 Å². The lowest BCUT2D eigenvalue weighted by Crippen LogP contribution is -2.53. The topological polar surface area (TPSA) is 105 Å². The van der Waals surface area contributed by atoms with E-state index in [1.807, 2.05) is 49.2 Å². The number of benzene rings is 2. The zero-order valence-corrected chi connectivity index (χ0v) is 30.7. The van der Waals surface area contributed by atoms with Crippen molar-refractivity contribution in [2.75, 3.05) is 32.1 Å². The van der Waals surface area contributed by atoms with Gasteiger partial charge in [0.05, 0.1) is 23.0 Å². The molecule has 1 N–H and O–H groups in total. The summed E-state index contributed by atoms with van der Waals surface area (Å²) in [5.74, 6) is 0.0475. The quantitative estimate of drug-likeness (QED) is 0.360. The minimum Gasteiger partial charge on any atom is -0.487 e. The average molecular weight is 712 g/mol. The zero-order valence-electron chi connectivity index (χ0n) is 29.1. The van der Waals surface area contributed by atoms with Gasteiger partial charge in [0.25, 0.3) is 5.91 Å². The largest absolute Gasteiger partial charge is 0.487 e. The molecule has 2 aromatic carbocycles. The molecule has 2 fully saturated rings. The second-order valence-corrected chi connectivity index (χ2v) is 17.1. The Bertz CT molecular complexity index is 1690. The third-order valence-corrected chi connectivity index (χ3v) is 13.6. The summed E-state index contributed by atoms with van der Waals surface area (Å²) in [5.41, 5.74) is 2.41. The fraction of sp³-hybridized carbons (Fsp3) is 0.579. The van der Waals surface area contributed by atoms with Crippen molar-refractivity contribution in [2.24, 2.45) is 17.8 Å². The number of amides is 2. The molecule has 2 bridgehead atoms. The van der Waals surface area contributed by atoms with Gasteiger partial charge in [-0.2, -0.15) is 0 Å². The highest BCUT2D eigenvalue weighted by molar-refractivity contribution is 7.90. The van der Waals surface area contributed by atoms with Gasteiger partial charge >= 0.3 is 0 Å². The van der Waals surface area contributed by atoms with Gasteiger partial charge in [-0.25, -0.2) is 13.1 Å². The van der Waals surface area contributed by atoms with Crippen LogP contribution in [0.15, 0.2) is 48.6 Å². The van der Waals surface area contributed by atoms with Crippen molar-refractivity contribution in [3.63, 3.8) is 0 Å². The van der Waals surface area contributed by atoms with Crippen LogP contribution in [-0.4, -0.2) is 69.3 Å². The molecule has 0 saturated heterocycles. The third-order valence-electron chi connectivity index (χ3n) is 11.5. The number of methoxy groups -OCH3 is 1. The Morgan fingerprint density at radius 3 is 2.61 bits per heavy atom. The van der Waals surface area contributed by atoms with Gasteiger partial charge in [-0.15, -0.1) is 0 Å². The first-order chi connectivity index (χ1) is 23.4. The average Bonchev–Trinajstić information content (AvgIpc) is 3.91. The molecule has 11 heteroatoms. The number of nitrogens with zero attached hydrogens (tertiary/aromatic N) is 2. The Balaban J connectivity index is 1.40. The molecule has 4 aliphatic rings. The second-order valence-electron chi connectivity index (χ2n) is 14.6. The van der Waals surface area contributed by atoms with Gasteiger partial charge in [0, 0.05) is 43.9 Å². The van der Waals surface area contributed by atoms with Crippen LogP contribution in [0, 0.1) is 17.8 Å². The predicted molar refractivity (Wildman–Crippen MR) is 193 cm³/mol. The van der Waals surface area contributed by atoms with E-state index in [-0.39, 0.29) is 35.6 Å². The van der Waals surface area contributed by atoms with Crippen LogP contribution in [0.1, 0.15) is 86.7 Å². The molecule has 5 atom stereocenters. The lowest BCUT2D eigenvalue weighted by atomic mass is 9.63. The molecule has 9 nitrogen and oxygen atoms in total. The van der Waals surface area contributed by atoms with E-state index >= 15 is 0 Å². The number of aryl methyl sites for hydroxylation is 1. The Morgan fingerprint density at radius 1 is 1.10 bits per heavy atom. The molecule has 0 unspecified atom stereocenters. The number of allylic oxidation sites excluding steroid dienone is 1. The van der Waals surface area contributed by atoms with Gasteiger partial charge in [0.15, 0.2) is 0 Å². The highest BCUT2D eigenvalue weighted by atomic mass is 35.5. The molecular weight excluding hydrogens is 662 g/mol. The maximum atomic E-state index is 13.7. The Labute approximate surface area is 296 Å². The van der Waals surface area contributed by atoms with Crippen molar-refractivity contribution >= 4 is 39.1 Å². The van der Waals surface area contributed by atoms with Crippen molar-refractivity contribution in [2.45, 2.75) is 95.1 Å². The van der Waals surface area contributed by atoms with E-state index in [1.165, 1.54) is 0 Å². The first kappa shape index (κ1) is 35.7. The summed E-state index contributed by atoms with van der Waals surface area (Å²) in [6, 6.07) is 11.4. The fourth-order valence-corrected chi connectivity index (χ4v) is 9.17. The molecule has 0 aromatic heterocycles. The number of hydrogen-bond donors (Lipinski definition) is 1. The molecule has 0 radical (unpaired) electrons. The lowest BCUT2D eigenvalue weighted by molar-refractivity contribution is -0.142. The van der Waals surface area contributed by atoms with E-state index in [2.05, 4.69) is 9.62 Å². The van der Waals surface area contributed by atoms with E-state index in [0.29, 0.717) is 42.9 Å². The standard InChI is InChI=1S/C38H50ClN3O6S/c1-25-8-7-18-38(47-4,22-36(43)41(3)32-14-15-32)33-16-11-29(33)23-42-19-6-5-9-27-20-31(39)13-10-30(27)24-48-35-17-12-28(21-34(35)42)37(44)40-49(45,46)26(25)2/h7,10,12-13,17-18,20-21,25-26,29,32-33H,5-6,8-9,11,14-16,19,22-24H2,1-4H3,(H,40,44)/b18-7+/t25-,26+,29-,33+,38+/m0/s1. The van der Waals surface area contributed by atoms with Gasteiger partial charge in [-0.1, -0.05) is 36.7 Å². The van der Waals surface area contributed by atoms with Gasteiger partial charge in [-0.3, -0.25) is 9.59 Å². The van der Waals surface area contributed by atoms with E-state index < -0.39 is 26.8 Å². The number of hydrogen-bond acceptors (Lipinski definition) is 7. The van der Waals surface area contributed by atoms with E-state index in [9.17, 15) is 18.0 Å². The second kappa shape index (κ2) is 14.6. The van der Waals surface area contributed by atoms with Crippen molar-refractivity contribution in [1.82, 2.24) is 9.62 Å². The summed E-state index contributed by atoms with van der Waals surface area (Å²) >= 11 is 6.37. The first-order valence-electron chi connectivity index (χ1n) is 17.7. The number of rotatable bonds is 4. The highest BCUT2D eigenvalue weighted by Gasteiger charge is 2.49. The molecule has 6 rings (SSSR count). The van der Waals surface area contributed by atoms with Gasteiger partial charge in [0.1, 0.15) is 12.4 Å². The number of ether oxygens (including phenoxy) is 2. The summed E-state index contributed by atoms with van der Waals surface area (Å²) in [4.78, 5) is 31.4. The van der Waals surface area contributed by atoms with E-state index in [4.69, 9.17) is 21.1 Å². The van der Waals surface area contributed by atoms with Crippen LogP contribution < -0.4 is 14.4 Å². The predicted octanol–water partition coefficient (Wildman–Crippen LogP) is 6.53. The number of nitrogens with one attached hydrogen (secondary N) is 1. The van der Waals surface area contributed by atoms with Crippen LogP contribution in [0.4, 0.5) is 5.69 Å². The van der Waals surface area contributed by atoms with Crippen LogP contribution in [-0.2, 0) is 32.6 Å². The fourth-order valence-electron chi connectivity index (χ4n) is 7.69. The van der Waals surface area contributed by atoms with Crippen molar-refractivity contribution < 1.29 is 27.5 Å². The maximum Gasteiger partial charge on any atom is 0.264 e. The minimum absolute atomic E-state index is 0.0686. The molecule has 2 aliphatic heterocycles. The third kappa shape index (κ3) is 7.81. The van der Waals surface area contributed by atoms with E-state index in [1.54, 1.807) is 32.2 Å². The molecular formula is C38H50ClN3O6S. The molecule has 49 heavy (non-hydrogen) atoms. The van der Waals surface area contributed by atoms with Crippen LogP contribution >= 0.6 is 11.6 Å². The van der Waals surface area contributed by atoms with Gasteiger partial charge < -0.3 is 19.3 Å². The molecule has 2 heterocycles. The summed E-state index contributed by atoms with van der Waals surface area (Å²) < 4.78 is 42.2. The van der Waals surface area contributed by atoms with Crippen molar-refractivity contribution in [3.05, 3.63) is 70.3 Å². The first-order valence-corrected chi connectivity index (χ1v) is 19.7. The molecule has 2 aliphatic carbocycles. The summed E-state index contributed by atoms with van der Waals surface area (Å²) in [5, 5.41) is -0.138. The Kier molecular flexibility index (Phi) is 10.7. The summed E-state index contributed by atoms with van der Waals surface area (Å²) in [7, 11) is -0.409. The Morgan fingerprint density at radius 2 is 1.90 bits per heavy atom. The number of fused-ring (bicyclic) bond motifs is 3. The molecule has 2 saturated carbocycles. The normalized spacial score (nSPS) is 29.5. The molecule has 2 amide bonds. The monoisotopic (exact) mass is 711 g/mol. The van der Waals surface area contributed by atoms with Crippen LogP contribution in [0.2, 0.25) is 5.02 Å². The molecule has 266 valence electrons. The van der Waals surface area contributed by atoms with Gasteiger partial charge in [-0.05, 0) is 118 Å². The number of carbonyl (C=O) groups excluding carboxylic acids is 2. The van der Waals surface area contributed by atoms with Crippen LogP contribution in [0.25, 0.3) is 0 Å². The summed E-state index contributed by atoms with van der Waals surface area (Å²) in [6.07, 6.45) is 11.4. The SMILES string of the molecule is CO[C@@]1(CC(=O)N(C)C2CC2)/C=C/C[C@H](C)[C@@H](C)S(=O)(=O)NC(=O)c2ccc3c(c2)N(CCCCc2cc(Cl)ccc2CO3)C[C@@H]2CC[C@H]21. The smallest absolute Gasteiger partial charge is 0.264 e. The number of anilines is 1. The van der Waals surface area contributed by atoms with Crippen molar-refractivity contribution in [3.8, 4) is 5.75 Å². The van der Waals surface area contributed by atoms with E-state index in [0.717, 1.165) is 61.8 Å². The number of halogens is 1. The molecule has 0 spiro atoms. The highest BCUT2D eigenvalue weighted by Crippen LogP contribution is 2.48. The van der Waals surface area contributed by atoms with Gasteiger partial charge in [0.2, 0.25) is 15.9 Å². The van der Waals surface area contributed by atoms with Crippen LogP contribution in [0.5, 0.6) is 5.75 Å². The maximum absolute atomic E-state index is 13.7. The lowest BCUT2D eigenvalue weighted by Gasteiger charge is -2.50. The Hall–Kier alpha value is -3.08. The minimum atomic E-state index is -3.99. The number of sulfonamides is 1. The summed E-state index contributed by atoms with van der Waals surface area (Å²) in [6.45, 7) is 5.24. The van der Waals surface area contributed by atoms with Crippen molar-refractivity contribution in [1.29, 1.82) is 0 Å². The zero-order chi connectivity index (χ0) is 34.9.